The summed E-state index contributed by atoms with van der Waals surface area (Å²) in [7, 11) is 1.38. The topological polar surface area (TPSA) is 79.4 Å². The number of methoxy groups -OCH3 is 1. The highest BCUT2D eigenvalue weighted by Gasteiger charge is 2.05. The Balaban J connectivity index is 0.000000386. The zero-order chi connectivity index (χ0) is 12.0. The fraction of sp³-hybridized carbons (Fsp3) is 0.0909. The van der Waals surface area contributed by atoms with Crippen LogP contribution in [-0.2, 0) is 9.53 Å². The predicted molar refractivity (Wildman–Crippen MR) is 58.3 cm³/mol. The summed E-state index contributed by atoms with van der Waals surface area (Å²) < 4.78 is 4.61. The Bertz CT molecular complexity index is 489. The number of carboxylic acid groups (broad SMARTS) is 1. The molecule has 0 radical (unpaired) electrons. The maximum absolute atomic E-state index is 11.1. The molecule has 2 aromatic rings. The van der Waals surface area contributed by atoms with E-state index in [4.69, 9.17) is 9.90 Å². The average Bonchev–Trinajstić information content (AvgIpc) is 2.75. The molecule has 5 heteroatoms. The molecule has 5 nitrogen and oxygen atoms in total. The lowest BCUT2D eigenvalue weighted by molar-refractivity contribution is -0.122. The third-order valence-corrected chi connectivity index (χ3v) is 1.97. The molecule has 1 heterocycles. The van der Waals surface area contributed by atoms with Crippen LogP contribution in [0, 0.1) is 0 Å². The zero-order valence-corrected chi connectivity index (χ0v) is 8.64. The smallest absolute Gasteiger partial charge is 0.337 e. The number of aromatic amines is 1. The number of benzene rings is 1. The van der Waals surface area contributed by atoms with Crippen molar-refractivity contribution in [2.45, 2.75) is 0 Å². The number of fused-ring (bicyclic) bond motifs is 1. The summed E-state index contributed by atoms with van der Waals surface area (Å²) in [5, 5.41) is 7.91. The van der Waals surface area contributed by atoms with Gasteiger partial charge in [0.05, 0.1) is 12.7 Å². The van der Waals surface area contributed by atoms with E-state index < -0.39 is 0 Å². The van der Waals surface area contributed by atoms with Crippen molar-refractivity contribution in [1.82, 2.24) is 4.98 Å². The summed E-state index contributed by atoms with van der Waals surface area (Å²) in [5.74, 6) is -0.303. The fourth-order valence-electron chi connectivity index (χ4n) is 1.30. The van der Waals surface area contributed by atoms with Gasteiger partial charge in [-0.15, -0.1) is 0 Å². The van der Waals surface area contributed by atoms with Crippen LogP contribution < -0.4 is 0 Å². The van der Waals surface area contributed by atoms with Gasteiger partial charge in [0.1, 0.15) is 0 Å². The van der Waals surface area contributed by atoms with E-state index in [1.165, 1.54) is 7.11 Å². The van der Waals surface area contributed by atoms with Crippen molar-refractivity contribution in [3.63, 3.8) is 0 Å². The normalized spacial score (nSPS) is 9.06. The summed E-state index contributed by atoms with van der Waals surface area (Å²) >= 11 is 0. The van der Waals surface area contributed by atoms with Gasteiger partial charge in [0.25, 0.3) is 6.47 Å². The molecule has 2 rings (SSSR count). The van der Waals surface area contributed by atoms with Crippen molar-refractivity contribution < 1.29 is 19.4 Å². The van der Waals surface area contributed by atoms with Crippen LogP contribution in [0.15, 0.2) is 30.5 Å². The predicted octanol–water partition coefficient (Wildman–Crippen LogP) is 1.66. The lowest BCUT2D eigenvalue weighted by Gasteiger charge is -1.98. The Hall–Kier alpha value is -2.30. The average molecular weight is 221 g/mol. The molecule has 16 heavy (non-hydrogen) atoms. The molecular formula is C11H11NO4. The molecule has 0 bridgehead atoms. The third kappa shape index (κ3) is 2.60. The van der Waals surface area contributed by atoms with Crippen LogP contribution >= 0.6 is 0 Å². The van der Waals surface area contributed by atoms with Gasteiger partial charge in [0.2, 0.25) is 0 Å². The number of carbonyl (C=O) groups excluding carboxylic acids is 1. The van der Waals surface area contributed by atoms with Crippen molar-refractivity contribution in [3.8, 4) is 0 Å². The number of esters is 1. The first-order valence-electron chi connectivity index (χ1n) is 4.46. The Morgan fingerprint density at radius 1 is 1.44 bits per heavy atom. The SMILES string of the molecule is COC(=O)c1ccc2[nH]ccc2c1.O=CO. The van der Waals surface area contributed by atoms with E-state index in [2.05, 4.69) is 9.72 Å². The maximum atomic E-state index is 11.1. The molecule has 1 aromatic heterocycles. The minimum absolute atomic E-state index is 0.250. The number of rotatable bonds is 1. The van der Waals surface area contributed by atoms with Crippen molar-refractivity contribution in [3.05, 3.63) is 36.0 Å². The monoisotopic (exact) mass is 221 g/mol. The van der Waals surface area contributed by atoms with Crippen LogP contribution in [0.25, 0.3) is 10.9 Å². The molecule has 0 aliphatic rings. The maximum Gasteiger partial charge on any atom is 0.337 e. The molecule has 0 amide bonds. The standard InChI is InChI=1S/C10H9NO2.CH2O2/c1-13-10(12)8-2-3-9-7(6-8)4-5-11-9;2-1-3/h2-6,11H,1H3;1H,(H,2,3). The largest absolute Gasteiger partial charge is 0.483 e. The lowest BCUT2D eigenvalue weighted by atomic mass is 10.1. The molecule has 1 aromatic carbocycles. The van der Waals surface area contributed by atoms with Crippen LogP contribution in [0.1, 0.15) is 10.4 Å². The molecule has 2 N–H and O–H groups in total. The van der Waals surface area contributed by atoms with Crippen LogP contribution in [0.4, 0.5) is 0 Å². The van der Waals surface area contributed by atoms with Gasteiger partial charge in [0, 0.05) is 17.1 Å². The summed E-state index contributed by atoms with van der Waals surface area (Å²) in [6, 6.07) is 7.33. The first-order chi connectivity index (χ1) is 7.72. The van der Waals surface area contributed by atoms with Crippen LogP contribution in [0.5, 0.6) is 0 Å². The highest BCUT2D eigenvalue weighted by molar-refractivity contribution is 5.94. The van der Waals surface area contributed by atoms with E-state index in [0.717, 1.165) is 10.9 Å². The summed E-state index contributed by atoms with van der Waals surface area (Å²) in [6.07, 6.45) is 1.84. The number of hydrogen-bond acceptors (Lipinski definition) is 3. The second-order valence-corrected chi connectivity index (χ2v) is 2.88. The third-order valence-electron chi connectivity index (χ3n) is 1.97. The Kier molecular flexibility index (Phi) is 4.08. The first-order valence-corrected chi connectivity index (χ1v) is 4.46. The number of aromatic nitrogens is 1. The summed E-state index contributed by atoms with van der Waals surface area (Å²) in [5.41, 5.74) is 1.60. The van der Waals surface area contributed by atoms with Gasteiger partial charge in [-0.05, 0) is 24.3 Å². The minimum atomic E-state index is -0.303. The highest BCUT2D eigenvalue weighted by atomic mass is 16.5. The molecule has 0 fully saturated rings. The summed E-state index contributed by atoms with van der Waals surface area (Å²) in [6.45, 7) is -0.250. The quantitative estimate of drug-likeness (QED) is 0.567. The Labute approximate surface area is 91.7 Å². The molecule has 0 saturated heterocycles. The van der Waals surface area contributed by atoms with E-state index >= 15 is 0 Å². The van der Waals surface area contributed by atoms with Crippen LogP contribution in [-0.4, -0.2) is 29.6 Å². The molecule has 0 spiro atoms. The highest BCUT2D eigenvalue weighted by Crippen LogP contribution is 2.14. The van der Waals surface area contributed by atoms with Gasteiger partial charge in [-0.1, -0.05) is 0 Å². The lowest BCUT2D eigenvalue weighted by Crippen LogP contribution is -2.00. The second-order valence-electron chi connectivity index (χ2n) is 2.88. The van der Waals surface area contributed by atoms with Gasteiger partial charge >= 0.3 is 5.97 Å². The van der Waals surface area contributed by atoms with E-state index in [1.54, 1.807) is 12.1 Å². The molecule has 0 saturated carbocycles. The van der Waals surface area contributed by atoms with E-state index in [9.17, 15) is 4.79 Å². The molecular weight excluding hydrogens is 210 g/mol. The van der Waals surface area contributed by atoms with Crippen molar-refractivity contribution in [1.29, 1.82) is 0 Å². The van der Waals surface area contributed by atoms with E-state index in [1.807, 2.05) is 18.3 Å². The van der Waals surface area contributed by atoms with Crippen LogP contribution in [0.2, 0.25) is 0 Å². The second kappa shape index (κ2) is 5.55. The summed E-state index contributed by atoms with van der Waals surface area (Å²) in [4.78, 5) is 22.6. The molecule has 0 aliphatic carbocycles. The number of hydrogen-bond donors (Lipinski definition) is 2. The van der Waals surface area contributed by atoms with E-state index in [-0.39, 0.29) is 12.4 Å². The Morgan fingerprint density at radius 2 is 2.12 bits per heavy atom. The van der Waals surface area contributed by atoms with Gasteiger partial charge in [-0.25, -0.2) is 4.79 Å². The van der Waals surface area contributed by atoms with Gasteiger partial charge in [0.15, 0.2) is 0 Å². The molecule has 0 unspecified atom stereocenters. The number of ether oxygens (including phenoxy) is 1. The van der Waals surface area contributed by atoms with Gasteiger partial charge in [-0.2, -0.15) is 0 Å². The van der Waals surface area contributed by atoms with Crippen molar-refractivity contribution in [2.75, 3.05) is 7.11 Å². The molecule has 0 aliphatic heterocycles. The number of nitrogens with one attached hydrogen (secondary N) is 1. The van der Waals surface area contributed by atoms with E-state index in [0.29, 0.717) is 5.56 Å². The fourth-order valence-corrected chi connectivity index (χ4v) is 1.30. The van der Waals surface area contributed by atoms with Crippen molar-refractivity contribution >= 4 is 23.3 Å². The van der Waals surface area contributed by atoms with Crippen LogP contribution in [0.3, 0.4) is 0 Å². The Morgan fingerprint density at radius 3 is 2.75 bits per heavy atom. The number of H-pyrrole nitrogens is 1. The van der Waals surface area contributed by atoms with Gasteiger partial charge < -0.3 is 14.8 Å². The minimum Gasteiger partial charge on any atom is -0.483 e. The molecule has 0 atom stereocenters. The van der Waals surface area contributed by atoms with Gasteiger partial charge in [-0.3, -0.25) is 4.79 Å². The van der Waals surface area contributed by atoms with Crippen molar-refractivity contribution in [2.24, 2.45) is 0 Å². The first kappa shape index (κ1) is 11.8. The zero-order valence-electron chi connectivity index (χ0n) is 8.64. The molecule has 84 valence electrons. The number of carbonyl (C=O) groups is 2.